The van der Waals surface area contributed by atoms with Gasteiger partial charge in [-0.25, -0.2) is 11.1 Å². The normalized spacial score (nSPS) is 18.9. The number of hydrogen-bond acceptors (Lipinski definition) is 0. The number of rotatable bonds is 0. The molecular formula is C44H48F3Zr-3. The van der Waals surface area contributed by atoms with Crippen molar-refractivity contribution in [3.63, 3.8) is 0 Å². The van der Waals surface area contributed by atoms with Gasteiger partial charge in [0.2, 0.25) is 0 Å². The van der Waals surface area contributed by atoms with Gasteiger partial charge in [0.25, 0.3) is 0 Å². The second-order valence-electron chi connectivity index (χ2n) is 15.4. The molecule has 4 aliphatic rings. The van der Waals surface area contributed by atoms with E-state index < -0.39 is 11.7 Å². The molecule has 4 aliphatic carbocycles. The van der Waals surface area contributed by atoms with Gasteiger partial charge in [0.05, 0.1) is 0 Å². The molecule has 3 aromatic rings. The Morgan fingerprint density at radius 3 is 1.79 bits per heavy atom. The number of halogens is 3. The van der Waals surface area contributed by atoms with Gasteiger partial charge in [0.1, 0.15) is 0 Å². The van der Waals surface area contributed by atoms with Gasteiger partial charge in [-0.1, -0.05) is 110 Å². The first-order valence-electron chi connectivity index (χ1n) is 16.6. The predicted octanol–water partition coefficient (Wildman–Crippen LogP) is 12.3. The van der Waals surface area contributed by atoms with Gasteiger partial charge >= 0.3 is 34.6 Å². The third-order valence-electron chi connectivity index (χ3n) is 9.55. The summed E-state index contributed by atoms with van der Waals surface area (Å²) in [6.07, 6.45) is 8.62. The summed E-state index contributed by atoms with van der Waals surface area (Å²) < 4.78 is 38.7. The molecule has 0 aliphatic heterocycles. The zero-order valence-electron chi connectivity index (χ0n) is 30.4. The Balaban J connectivity index is 0.000000188. The van der Waals surface area contributed by atoms with Crippen molar-refractivity contribution < 1.29 is 37.4 Å². The fraction of sp³-hybridized carbons (Fsp3) is 0.386. The molecule has 0 radical (unpaired) electrons. The van der Waals surface area contributed by atoms with Crippen LogP contribution in [-0.2, 0) is 47.7 Å². The second-order valence-corrected chi connectivity index (χ2v) is 15.4. The summed E-state index contributed by atoms with van der Waals surface area (Å²) in [4.78, 5) is 0. The molecule has 1 unspecified atom stereocenters. The fourth-order valence-electron chi connectivity index (χ4n) is 7.50. The number of hydrogen-bond donors (Lipinski definition) is 0. The molecule has 0 aromatic heterocycles. The molecule has 1 atom stereocenters. The molecule has 0 saturated heterocycles. The summed E-state index contributed by atoms with van der Waals surface area (Å²) in [6.45, 7) is 24.8. The fourth-order valence-corrected chi connectivity index (χ4v) is 7.50. The molecule has 0 N–H and O–H groups in total. The molecular weight excluding hydrogens is 677 g/mol. The Morgan fingerprint density at radius 2 is 1.33 bits per heavy atom. The monoisotopic (exact) mass is 723 g/mol. The molecule has 0 heterocycles. The molecule has 4 heteroatoms. The van der Waals surface area contributed by atoms with E-state index >= 15 is 0 Å². The van der Waals surface area contributed by atoms with Gasteiger partial charge in [-0.2, -0.15) is 60.7 Å². The molecule has 0 nitrogen and oxygen atoms in total. The van der Waals surface area contributed by atoms with Crippen LogP contribution in [0.5, 0.6) is 0 Å². The van der Waals surface area contributed by atoms with E-state index in [1.165, 1.54) is 103 Å². The van der Waals surface area contributed by atoms with Crippen molar-refractivity contribution in [2.75, 3.05) is 0 Å². The summed E-state index contributed by atoms with van der Waals surface area (Å²) in [6, 6.07) is 16.8. The molecule has 0 amide bonds. The van der Waals surface area contributed by atoms with Gasteiger partial charge in [0.15, 0.2) is 0 Å². The van der Waals surface area contributed by atoms with E-state index in [1.54, 1.807) is 0 Å². The van der Waals surface area contributed by atoms with Gasteiger partial charge < -0.3 is 0 Å². The zero-order chi connectivity index (χ0) is 36.0. The first kappa shape index (κ1) is 38.0. The molecule has 0 bridgehead atoms. The molecule has 0 spiro atoms. The molecule has 252 valence electrons. The number of benzene rings is 3. The summed E-state index contributed by atoms with van der Waals surface area (Å²) in [5.41, 5.74) is 17.0. The topological polar surface area (TPSA) is 0 Å². The Labute approximate surface area is 302 Å². The minimum absolute atomic E-state index is 0.0340. The van der Waals surface area contributed by atoms with Crippen molar-refractivity contribution in [1.82, 2.24) is 0 Å². The molecule has 0 saturated carbocycles. The van der Waals surface area contributed by atoms with Crippen molar-refractivity contribution in [1.29, 1.82) is 0 Å². The first-order chi connectivity index (χ1) is 22.2. The maximum absolute atomic E-state index is 11.8. The van der Waals surface area contributed by atoms with E-state index in [2.05, 4.69) is 135 Å². The van der Waals surface area contributed by atoms with Crippen LogP contribution in [0.1, 0.15) is 115 Å². The SMILES string of the molecule is CC1=[C-]C(C)(C)c2cc3c(cc21)-c1cc2c(cc1C3)C(C)(C)C=C2C.CC1=[C-]C(C)C=C1C(C)(C)C.FC(F)(F)c1cc[c-]cc1.[CH2]=[Zr]. The van der Waals surface area contributed by atoms with Crippen molar-refractivity contribution in [2.24, 2.45) is 11.3 Å². The van der Waals surface area contributed by atoms with Crippen LogP contribution in [0.15, 0.2) is 71.8 Å². The minimum atomic E-state index is -4.23. The van der Waals surface area contributed by atoms with Crippen LogP contribution in [0.25, 0.3) is 22.3 Å². The van der Waals surface area contributed by atoms with Crippen LogP contribution in [-0.4, -0.2) is 4.21 Å². The summed E-state index contributed by atoms with van der Waals surface area (Å²) in [5, 5.41) is 0. The van der Waals surface area contributed by atoms with E-state index in [0.29, 0.717) is 11.3 Å². The van der Waals surface area contributed by atoms with Crippen LogP contribution in [0.4, 0.5) is 13.2 Å². The average Bonchev–Trinajstić information content (AvgIpc) is 3.67. The van der Waals surface area contributed by atoms with Crippen molar-refractivity contribution in [3.8, 4) is 11.1 Å². The second kappa shape index (κ2) is 13.8. The Morgan fingerprint density at radius 1 is 0.792 bits per heavy atom. The first-order valence-corrected chi connectivity index (χ1v) is 18.3. The van der Waals surface area contributed by atoms with Crippen LogP contribution >= 0.6 is 0 Å². The molecule has 48 heavy (non-hydrogen) atoms. The summed E-state index contributed by atoms with van der Waals surface area (Å²) in [7, 11) is 0. The zero-order valence-corrected chi connectivity index (χ0v) is 32.9. The Hall–Kier alpha value is -2.84. The van der Waals surface area contributed by atoms with Gasteiger partial charge in [-0.15, -0.1) is 11.6 Å². The summed E-state index contributed by atoms with van der Waals surface area (Å²) >= 11 is 1.30. The van der Waals surface area contributed by atoms with Crippen LogP contribution < -0.4 is 0 Å². The average molecular weight is 725 g/mol. The third kappa shape index (κ3) is 7.80. The van der Waals surface area contributed by atoms with E-state index in [1.807, 2.05) is 0 Å². The van der Waals surface area contributed by atoms with Gasteiger partial charge in [-0.05, 0) is 58.4 Å². The van der Waals surface area contributed by atoms with E-state index in [9.17, 15) is 13.2 Å². The predicted molar refractivity (Wildman–Crippen MR) is 193 cm³/mol. The third-order valence-corrected chi connectivity index (χ3v) is 9.55. The van der Waals surface area contributed by atoms with E-state index in [0.717, 1.165) is 18.6 Å². The van der Waals surface area contributed by atoms with E-state index in [-0.39, 0.29) is 10.8 Å². The quantitative estimate of drug-likeness (QED) is 0.158. The summed E-state index contributed by atoms with van der Waals surface area (Å²) in [5.74, 6) is 0.518. The van der Waals surface area contributed by atoms with Gasteiger partial charge in [0, 0.05) is 5.41 Å². The molecule has 3 aromatic carbocycles. The molecule has 7 rings (SSSR count). The van der Waals surface area contributed by atoms with Crippen LogP contribution in [0.2, 0.25) is 0 Å². The van der Waals surface area contributed by atoms with Gasteiger partial charge in [-0.3, -0.25) is 12.2 Å². The van der Waals surface area contributed by atoms with Crippen molar-refractivity contribution in [3.05, 3.63) is 129 Å². The standard InChI is InChI=1S/C25H25.C11H17.C7H4F3.CH2.Zr/c1-14-12-24(3,4)22-8-16-7-17-9-23-19(15(2)13-25(23,5)6)11-21(17)20(16)10-18(14)22;1-8-6-9(2)10(7-8)11(3,4)5;8-7(9,10)6-4-2-1-3-5-6;;/h8-12H,7H2,1-6H3;7-8H,1-5H3;2-5H;1H2;/q3*-1;;. The maximum atomic E-state index is 11.8. The Bertz CT molecular complexity index is 1740. The Kier molecular flexibility index (Phi) is 10.9. The van der Waals surface area contributed by atoms with E-state index in [4.69, 9.17) is 0 Å². The van der Waals surface area contributed by atoms with Crippen molar-refractivity contribution in [2.45, 2.75) is 99.6 Å². The van der Waals surface area contributed by atoms with Crippen LogP contribution in [0, 0.1) is 29.6 Å². The number of fused-ring (bicyclic) bond motifs is 5. The number of allylic oxidation sites excluding steroid dienone is 8. The van der Waals surface area contributed by atoms with Crippen LogP contribution in [0.3, 0.4) is 0 Å². The van der Waals surface area contributed by atoms with Crippen molar-refractivity contribution >= 4 is 15.4 Å². The molecule has 0 fully saturated rings. The number of alkyl halides is 3.